The molecule has 2 aliphatic rings. The normalized spacial score (nSPS) is 18.4. The first-order valence-electron chi connectivity index (χ1n) is 6.69. The van der Waals surface area contributed by atoms with Gasteiger partial charge < -0.3 is 9.32 Å². The molecule has 0 saturated heterocycles. The van der Waals surface area contributed by atoms with Gasteiger partial charge in [0, 0.05) is 12.5 Å². The predicted octanol–water partition coefficient (Wildman–Crippen LogP) is 2.01. The summed E-state index contributed by atoms with van der Waals surface area (Å²) in [5.41, 5.74) is 2.97. The Kier molecular flexibility index (Phi) is 2.27. The van der Waals surface area contributed by atoms with Crippen LogP contribution in [0.15, 0.2) is 29.1 Å². The van der Waals surface area contributed by atoms with Crippen LogP contribution in [-0.4, -0.2) is 27.1 Å². The lowest BCUT2D eigenvalue weighted by Gasteiger charge is -2.27. The summed E-state index contributed by atoms with van der Waals surface area (Å²) in [4.78, 5) is 14.1. The predicted molar refractivity (Wildman–Crippen MR) is 67.7 cm³/mol. The van der Waals surface area contributed by atoms with Gasteiger partial charge in [-0.05, 0) is 25.0 Å². The van der Waals surface area contributed by atoms with Crippen molar-refractivity contribution in [2.45, 2.75) is 31.8 Å². The third-order valence-corrected chi connectivity index (χ3v) is 3.87. The van der Waals surface area contributed by atoms with Gasteiger partial charge in [-0.25, -0.2) is 0 Å². The number of carbonyl (C=O) groups is 1. The molecule has 1 amide bonds. The van der Waals surface area contributed by atoms with Gasteiger partial charge in [-0.15, -0.1) is 0 Å². The van der Waals surface area contributed by atoms with Crippen LogP contribution in [0.1, 0.15) is 40.5 Å². The molecular weight excluding hydrogens is 242 g/mol. The maximum absolute atomic E-state index is 12.3. The van der Waals surface area contributed by atoms with E-state index in [4.69, 9.17) is 4.42 Å². The fourth-order valence-corrected chi connectivity index (χ4v) is 2.61. The van der Waals surface area contributed by atoms with E-state index in [9.17, 15) is 4.79 Å². The molecule has 0 radical (unpaired) electrons. The second-order valence-corrected chi connectivity index (χ2v) is 5.30. The zero-order valence-corrected chi connectivity index (χ0v) is 10.6. The highest BCUT2D eigenvalue weighted by molar-refractivity contribution is 5.93. The fraction of sp³-hybridized carbons (Fsp3) is 0.429. The molecule has 19 heavy (non-hydrogen) atoms. The van der Waals surface area contributed by atoms with Crippen LogP contribution in [0.4, 0.5) is 0 Å². The van der Waals surface area contributed by atoms with E-state index in [0.29, 0.717) is 24.6 Å². The van der Waals surface area contributed by atoms with Crippen molar-refractivity contribution in [3.05, 3.63) is 41.6 Å². The number of rotatable bonds is 2. The van der Waals surface area contributed by atoms with E-state index in [1.165, 1.54) is 31.1 Å². The van der Waals surface area contributed by atoms with Crippen LogP contribution in [0.5, 0.6) is 0 Å². The minimum Gasteiger partial charge on any atom is -0.472 e. The average molecular weight is 257 g/mol. The number of hydrogen-bond acceptors (Lipinski definition) is 3. The van der Waals surface area contributed by atoms with Gasteiger partial charge in [0.15, 0.2) is 0 Å². The summed E-state index contributed by atoms with van der Waals surface area (Å²) in [7, 11) is 0. The third-order valence-electron chi connectivity index (χ3n) is 3.87. The molecule has 0 unspecified atom stereocenters. The molecular formula is C14H15N3O2. The molecule has 3 heterocycles. The van der Waals surface area contributed by atoms with E-state index in [2.05, 4.69) is 11.2 Å². The van der Waals surface area contributed by atoms with Crippen LogP contribution in [0.25, 0.3) is 0 Å². The maximum atomic E-state index is 12.3. The molecule has 4 rings (SSSR count). The van der Waals surface area contributed by atoms with Crippen LogP contribution in [0, 0.1) is 0 Å². The Bertz CT molecular complexity index is 611. The Balaban J connectivity index is 1.56. The number of aromatic nitrogens is 2. The average Bonchev–Trinajstić information content (AvgIpc) is 2.99. The van der Waals surface area contributed by atoms with Crippen molar-refractivity contribution in [2.24, 2.45) is 0 Å². The van der Waals surface area contributed by atoms with Gasteiger partial charge in [0.05, 0.1) is 36.3 Å². The van der Waals surface area contributed by atoms with Crippen molar-refractivity contribution < 1.29 is 9.21 Å². The molecule has 0 N–H and O–H groups in total. The molecule has 1 aliphatic carbocycles. The van der Waals surface area contributed by atoms with Crippen molar-refractivity contribution >= 4 is 5.91 Å². The smallest absolute Gasteiger partial charge is 0.257 e. The van der Waals surface area contributed by atoms with Gasteiger partial charge in [-0.2, -0.15) is 5.10 Å². The lowest BCUT2D eigenvalue weighted by atomic mass is 10.2. The summed E-state index contributed by atoms with van der Waals surface area (Å²) in [6.07, 6.45) is 5.55. The largest absolute Gasteiger partial charge is 0.472 e. The van der Waals surface area contributed by atoms with Crippen molar-refractivity contribution in [1.29, 1.82) is 0 Å². The number of carbonyl (C=O) groups excluding carboxylic acids is 1. The van der Waals surface area contributed by atoms with E-state index in [0.717, 1.165) is 12.2 Å². The summed E-state index contributed by atoms with van der Waals surface area (Å²) >= 11 is 0. The van der Waals surface area contributed by atoms with Gasteiger partial charge in [-0.3, -0.25) is 9.48 Å². The summed E-state index contributed by atoms with van der Waals surface area (Å²) in [6.45, 7) is 2.14. The first-order chi connectivity index (χ1) is 9.31. The molecule has 0 aromatic carbocycles. The summed E-state index contributed by atoms with van der Waals surface area (Å²) in [5.74, 6) is 0.699. The Morgan fingerprint density at radius 2 is 2.26 bits per heavy atom. The summed E-state index contributed by atoms with van der Waals surface area (Å²) in [5, 5.41) is 4.63. The molecule has 5 heteroatoms. The SMILES string of the molecule is O=C(c1ccoc1)N1CCn2nc(C3CC3)cc2C1. The van der Waals surface area contributed by atoms with Gasteiger partial charge >= 0.3 is 0 Å². The van der Waals surface area contributed by atoms with Crippen LogP contribution in [-0.2, 0) is 13.1 Å². The molecule has 98 valence electrons. The Morgan fingerprint density at radius 1 is 1.37 bits per heavy atom. The van der Waals surface area contributed by atoms with E-state index in [1.807, 2.05) is 9.58 Å². The Morgan fingerprint density at radius 3 is 3.00 bits per heavy atom. The Labute approximate surface area is 110 Å². The number of amides is 1. The highest BCUT2D eigenvalue weighted by Gasteiger charge is 2.29. The van der Waals surface area contributed by atoms with Crippen LogP contribution >= 0.6 is 0 Å². The number of furan rings is 1. The quantitative estimate of drug-likeness (QED) is 0.827. The fourth-order valence-electron chi connectivity index (χ4n) is 2.61. The Hall–Kier alpha value is -2.04. The van der Waals surface area contributed by atoms with E-state index in [-0.39, 0.29) is 5.91 Å². The maximum Gasteiger partial charge on any atom is 0.257 e. The molecule has 2 aromatic heterocycles. The van der Waals surface area contributed by atoms with Gasteiger partial charge in [0.1, 0.15) is 6.26 Å². The molecule has 2 aromatic rings. The topological polar surface area (TPSA) is 51.3 Å². The second-order valence-electron chi connectivity index (χ2n) is 5.30. The van der Waals surface area contributed by atoms with E-state index < -0.39 is 0 Å². The van der Waals surface area contributed by atoms with E-state index >= 15 is 0 Å². The van der Waals surface area contributed by atoms with Gasteiger partial charge in [0.25, 0.3) is 5.91 Å². The first kappa shape index (κ1) is 10.8. The highest BCUT2D eigenvalue weighted by Crippen LogP contribution is 2.39. The summed E-state index contributed by atoms with van der Waals surface area (Å²) < 4.78 is 7.02. The van der Waals surface area contributed by atoms with Crippen molar-refractivity contribution in [3.8, 4) is 0 Å². The van der Waals surface area contributed by atoms with Crippen molar-refractivity contribution in [1.82, 2.24) is 14.7 Å². The number of hydrogen-bond donors (Lipinski definition) is 0. The number of nitrogens with zero attached hydrogens (tertiary/aromatic N) is 3. The van der Waals surface area contributed by atoms with Gasteiger partial charge in [-0.1, -0.05) is 0 Å². The van der Waals surface area contributed by atoms with Gasteiger partial charge in [0.2, 0.25) is 0 Å². The third kappa shape index (κ3) is 1.85. The minimum atomic E-state index is 0.0363. The first-order valence-corrected chi connectivity index (χ1v) is 6.69. The van der Waals surface area contributed by atoms with Crippen LogP contribution in [0.2, 0.25) is 0 Å². The zero-order valence-electron chi connectivity index (χ0n) is 10.6. The molecule has 0 bridgehead atoms. The molecule has 1 fully saturated rings. The molecule has 1 saturated carbocycles. The lowest BCUT2D eigenvalue weighted by Crippen LogP contribution is -2.38. The monoisotopic (exact) mass is 257 g/mol. The standard InChI is InChI=1S/C14H15N3O2/c18-14(11-3-6-19-9-11)16-4-5-17-12(8-16)7-13(15-17)10-1-2-10/h3,6-7,9-10H,1-2,4-5,8H2. The molecule has 0 atom stereocenters. The van der Waals surface area contributed by atoms with E-state index in [1.54, 1.807) is 6.07 Å². The highest BCUT2D eigenvalue weighted by atomic mass is 16.3. The molecule has 0 spiro atoms. The number of fused-ring (bicyclic) bond motifs is 1. The van der Waals surface area contributed by atoms with Crippen molar-refractivity contribution in [3.63, 3.8) is 0 Å². The van der Waals surface area contributed by atoms with Crippen LogP contribution in [0.3, 0.4) is 0 Å². The van der Waals surface area contributed by atoms with Crippen LogP contribution < -0.4 is 0 Å². The zero-order chi connectivity index (χ0) is 12.8. The molecule has 1 aliphatic heterocycles. The summed E-state index contributed by atoms with van der Waals surface area (Å²) in [6, 6.07) is 3.87. The van der Waals surface area contributed by atoms with Crippen molar-refractivity contribution in [2.75, 3.05) is 6.54 Å². The lowest BCUT2D eigenvalue weighted by molar-refractivity contribution is 0.0705. The molecule has 5 nitrogen and oxygen atoms in total. The second kappa shape index (κ2) is 3.98. The minimum absolute atomic E-state index is 0.0363.